The van der Waals surface area contributed by atoms with Crippen molar-refractivity contribution in [1.29, 1.82) is 0 Å². The van der Waals surface area contributed by atoms with Gasteiger partial charge >= 0.3 is 5.97 Å². The number of benzene rings is 2. The van der Waals surface area contributed by atoms with Gasteiger partial charge in [0, 0.05) is 6.42 Å². The lowest BCUT2D eigenvalue weighted by Crippen LogP contribution is -2.55. The molecule has 0 saturated carbocycles. The average Bonchev–Trinajstić information content (AvgIpc) is 2.81. The van der Waals surface area contributed by atoms with Crippen molar-refractivity contribution < 1.29 is 29.3 Å². The third kappa shape index (κ3) is 9.41. The Morgan fingerprint density at radius 2 is 1.66 bits per heavy atom. The van der Waals surface area contributed by atoms with Gasteiger partial charge in [-0.05, 0) is 61.4 Å². The van der Waals surface area contributed by atoms with Crippen LogP contribution in [0.25, 0.3) is 0 Å². The molecule has 3 atom stereocenters. The van der Waals surface area contributed by atoms with Crippen LogP contribution in [0.5, 0.6) is 5.75 Å². The van der Waals surface area contributed by atoms with Gasteiger partial charge in [-0.3, -0.25) is 14.4 Å². The van der Waals surface area contributed by atoms with Crippen LogP contribution in [0.4, 0.5) is 0 Å². The summed E-state index contributed by atoms with van der Waals surface area (Å²) < 4.78 is 5.58. The first kappa shape index (κ1) is 27.9. The van der Waals surface area contributed by atoms with Crippen molar-refractivity contribution in [3.05, 3.63) is 65.2 Å². The van der Waals surface area contributed by atoms with Crippen molar-refractivity contribution in [1.82, 2.24) is 10.6 Å². The standard InChI is InChI=1S/C27H36N2O6/c1-17(2)26(29-24(31)16-35-21-11-10-18(3)19(4)14-21)27(34)28-22(23(30)12-13-25(32)33)15-20-8-6-5-7-9-20/h5-11,14,17,22-23,26,30H,12-13,15-16H2,1-4H3,(H,28,34)(H,29,31)(H,32,33)/t22-,23-,26?/m0/s1. The SMILES string of the molecule is Cc1ccc(OCC(=O)NC(C(=O)N[C@@H](Cc2ccccc2)[C@@H](O)CCC(=O)O)C(C)C)cc1C. The van der Waals surface area contributed by atoms with Gasteiger partial charge in [0.2, 0.25) is 5.91 Å². The first-order chi connectivity index (χ1) is 16.6. The fourth-order valence-electron chi connectivity index (χ4n) is 3.60. The molecule has 1 unspecified atom stereocenters. The van der Waals surface area contributed by atoms with Gasteiger partial charge in [-0.25, -0.2) is 0 Å². The van der Waals surface area contributed by atoms with E-state index in [1.54, 1.807) is 6.07 Å². The Hall–Kier alpha value is -3.39. The van der Waals surface area contributed by atoms with Crippen LogP contribution < -0.4 is 15.4 Å². The van der Waals surface area contributed by atoms with Crippen LogP contribution in [-0.4, -0.2) is 52.8 Å². The quantitative estimate of drug-likeness (QED) is 0.347. The molecule has 0 radical (unpaired) electrons. The molecule has 0 aliphatic carbocycles. The van der Waals surface area contributed by atoms with E-state index < -0.39 is 36.0 Å². The lowest BCUT2D eigenvalue weighted by atomic mass is 9.96. The van der Waals surface area contributed by atoms with Crippen molar-refractivity contribution in [3.63, 3.8) is 0 Å². The predicted octanol–water partition coefficient (Wildman–Crippen LogP) is 2.78. The van der Waals surface area contributed by atoms with Crippen molar-refractivity contribution >= 4 is 17.8 Å². The molecule has 0 saturated heterocycles. The van der Waals surface area contributed by atoms with Crippen molar-refractivity contribution in [3.8, 4) is 5.75 Å². The van der Waals surface area contributed by atoms with Crippen LogP contribution >= 0.6 is 0 Å². The number of aliphatic hydroxyl groups excluding tert-OH is 1. The van der Waals surface area contributed by atoms with Gasteiger partial charge in [-0.2, -0.15) is 0 Å². The number of aryl methyl sites for hydroxylation is 2. The molecule has 35 heavy (non-hydrogen) atoms. The minimum Gasteiger partial charge on any atom is -0.484 e. The van der Waals surface area contributed by atoms with E-state index in [0.29, 0.717) is 12.2 Å². The maximum atomic E-state index is 13.1. The van der Waals surface area contributed by atoms with Crippen LogP contribution in [-0.2, 0) is 20.8 Å². The molecular formula is C27H36N2O6. The Balaban J connectivity index is 2.04. The minimum absolute atomic E-state index is 0.00434. The number of carboxylic acids is 1. The molecule has 2 aromatic rings. The maximum absolute atomic E-state index is 13.1. The van der Waals surface area contributed by atoms with E-state index in [2.05, 4.69) is 10.6 Å². The van der Waals surface area contributed by atoms with Crippen LogP contribution in [0.15, 0.2) is 48.5 Å². The molecule has 0 aromatic heterocycles. The van der Waals surface area contributed by atoms with Crippen LogP contribution in [0.1, 0.15) is 43.4 Å². The van der Waals surface area contributed by atoms with E-state index in [4.69, 9.17) is 9.84 Å². The van der Waals surface area contributed by atoms with E-state index in [0.717, 1.165) is 16.7 Å². The second kappa shape index (κ2) is 13.5. The van der Waals surface area contributed by atoms with Crippen molar-refractivity contribution in [2.75, 3.05) is 6.61 Å². The minimum atomic E-state index is -1.06. The summed E-state index contributed by atoms with van der Waals surface area (Å²) in [6.45, 7) is 7.32. The molecule has 2 amide bonds. The maximum Gasteiger partial charge on any atom is 0.303 e. The van der Waals surface area contributed by atoms with E-state index in [9.17, 15) is 19.5 Å². The van der Waals surface area contributed by atoms with Crippen LogP contribution in [0.2, 0.25) is 0 Å². The first-order valence-corrected chi connectivity index (χ1v) is 11.8. The van der Waals surface area contributed by atoms with E-state index in [1.807, 2.05) is 70.2 Å². The summed E-state index contributed by atoms with van der Waals surface area (Å²) in [6.07, 6.45) is -0.966. The third-order valence-corrected chi connectivity index (χ3v) is 5.86. The molecule has 2 aromatic carbocycles. The molecule has 190 valence electrons. The zero-order valence-corrected chi connectivity index (χ0v) is 20.8. The summed E-state index contributed by atoms with van der Waals surface area (Å²) >= 11 is 0. The second-order valence-electron chi connectivity index (χ2n) is 9.13. The zero-order valence-electron chi connectivity index (χ0n) is 20.8. The number of nitrogens with one attached hydrogen (secondary N) is 2. The Labute approximate surface area is 206 Å². The summed E-state index contributed by atoms with van der Waals surface area (Å²) in [5, 5.41) is 25.2. The molecule has 4 N–H and O–H groups in total. The van der Waals surface area contributed by atoms with Gasteiger partial charge in [0.15, 0.2) is 6.61 Å². The van der Waals surface area contributed by atoms with Gasteiger partial charge in [-0.1, -0.05) is 50.2 Å². The monoisotopic (exact) mass is 484 g/mol. The average molecular weight is 485 g/mol. The van der Waals surface area contributed by atoms with Gasteiger partial charge in [-0.15, -0.1) is 0 Å². The number of carbonyl (C=O) groups is 3. The highest BCUT2D eigenvalue weighted by atomic mass is 16.5. The predicted molar refractivity (Wildman–Crippen MR) is 133 cm³/mol. The summed E-state index contributed by atoms with van der Waals surface area (Å²) in [4.78, 5) is 36.6. The highest BCUT2D eigenvalue weighted by molar-refractivity contribution is 5.88. The molecule has 8 nitrogen and oxygen atoms in total. The van der Waals surface area contributed by atoms with E-state index >= 15 is 0 Å². The molecule has 8 heteroatoms. The van der Waals surface area contributed by atoms with Crippen molar-refractivity contribution in [2.24, 2.45) is 5.92 Å². The number of aliphatic carboxylic acids is 1. The summed E-state index contributed by atoms with van der Waals surface area (Å²) in [5.74, 6) is -1.57. The number of ether oxygens (including phenoxy) is 1. The van der Waals surface area contributed by atoms with Gasteiger partial charge < -0.3 is 25.6 Å². The van der Waals surface area contributed by atoms with Gasteiger partial charge in [0.05, 0.1) is 12.1 Å². The third-order valence-electron chi connectivity index (χ3n) is 5.86. The number of aliphatic hydroxyl groups is 1. The Morgan fingerprint density at radius 1 is 0.971 bits per heavy atom. The molecule has 0 bridgehead atoms. The second-order valence-corrected chi connectivity index (χ2v) is 9.13. The Kier molecular flexibility index (Phi) is 10.7. The lowest BCUT2D eigenvalue weighted by Gasteiger charge is -2.28. The first-order valence-electron chi connectivity index (χ1n) is 11.8. The molecule has 0 fully saturated rings. The number of carboxylic acid groups (broad SMARTS) is 1. The fourth-order valence-corrected chi connectivity index (χ4v) is 3.60. The normalized spacial score (nSPS) is 13.5. The highest BCUT2D eigenvalue weighted by Crippen LogP contribution is 2.16. The summed E-state index contributed by atoms with van der Waals surface area (Å²) in [5.41, 5.74) is 3.06. The topological polar surface area (TPSA) is 125 Å². The zero-order chi connectivity index (χ0) is 26.0. The lowest BCUT2D eigenvalue weighted by molar-refractivity contribution is -0.137. The molecule has 0 aliphatic rings. The molecule has 0 heterocycles. The highest BCUT2D eigenvalue weighted by Gasteiger charge is 2.29. The molecule has 2 rings (SSSR count). The number of hydrogen-bond donors (Lipinski definition) is 4. The summed E-state index contributed by atoms with van der Waals surface area (Å²) in [6, 6.07) is 13.3. The van der Waals surface area contributed by atoms with Crippen LogP contribution in [0.3, 0.4) is 0 Å². The van der Waals surface area contributed by atoms with E-state index in [-0.39, 0.29) is 25.4 Å². The molecular weight excluding hydrogens is 448 g/mol. The summed E-state index contributed by atoms with van der Waals surface area (Å²) in [7, 11) is 0. The van der Waals surface area contributed by atoms with Gasteiger partial charge in [0.25, 0.3) is 5.91 Å². The van der Waals surface area contributed by atoms with Crippen molar-refractivity contribution in [2.45, 2.75) is 65.1 Å². The molecule has 0 aliphatic heterocycles. The largest absolute Gasteiger partial charge is 0.484 e. The number of carbonyl (C=O) groups excluding carboxylic acids is 2. The fraction of sp³-hybridized carbons (Fsp3) is 0.444. The van der Waals surface area contributed by atoms with Crippen LogP contribution in [0, 0.1) is 19.8 Å². The number of rotatable bonds is 13. The number of amides is 2. The molecule has 0 spiro atoms. The Bertz CT molecular complexity index is 992. The van der Waals surface area contributed by atoms with Gasteiger partial charge in [0.1, 0.15) is 11.8 Å². The Morgan fingerprint density at radius 3 is 2.26 bits per heavy atom. The number of hydrogen-bond acceptors (Lipinski definition) is 5. The smallest absolute Gasteiger partial charge is 0.303 e. The van der Waals surface area contributed by atoms with E-state index in [1.165, 1.54) is 0 Å².